The minimum absolute atomic E-state index is 0.159. The van der Waals surface area contributed by atoms with Gasteiger partial charge in [-0.25, -0.2) is 0 Å². The van der Waals surface area contributed by atoms with Crippen molar-refractivity contribution in [1.82, 2.24) is 4.90 Å². The Morgan fingerprint density at radius 1 is 0.867 bits per heavy atom. The molecule has 0 unspecified atom stereocenters. The lowest BCUT2D eigenvalue weighted by Gasteiger charge is -2.32. The molecular formula is C12H19NO2. The van der Waals surface area contributed by atoms with E-state index < -0.39 is 0 Å². The summed E-state index contributed by atoms with van der Waals surface area (Å²) in [5, 5.41) is 0. The number of carbonyl (C=O) groups is 2. The molecule has 3 nitrogen and oxygen atoms in total. The molecule has 1 aliphatic carbocycles. The molecule has 0 atom stereocenters. The van der Waals surface area contributed by atoms with Gasteiger partial charge in [-0.3, -0.25) is 14.5 Å². The minimum Gasteiger partial charge on any atom is -0.299 e. The third-order valence-electron chi connectivity index (χ3n) is 3.65. The van der Waals surface area contributed by atoms with E-state index in [0.29, 0.717) is 18.9 Å². The zero-order valence-electron chi connectivity index (χ0n) is 9.21. The quantitative estimate of drug-likeness (QED) is 0.615. The van der Waals surface area contributed by atoms with Gasteiger partial charge >= 0.3 is 0 Å². The smallest absolute Gasteiger partial charge is 0.199 e. The molecule has 2 aliphatic rings. The average Bonchev–Trinajstić information content (AvgIpc) is 2.44. The van der Waals surface area contributed by atoms with Gasteiger partial charge in [-0.15, -0.1) is 0 Å². The molecule has 1 heterocycles. The first-order chi connectivity index (χ1) is 7.27. The van der Waals surface area contributed by atoms with Gasteiger partial charge in [-0.05, 0) is 12.8 Å². The summed E-state index contributed by atoms with van der Waals surface area (Å²) in [7, 11) is 0. The molecule has 2 rings (SSSR count). The largest absolute Gasteiger partial charge is 0.299 e. The van der Waals surface area contributed by atoms with Crippen LogP contribution < -0.4 is 0 Å². The molecule has 0 radical (unpaired) electrons. The molecule has 0 bridgehead atoms. The first-order valence-electron chi connectivity index (χ1n) is 6.07. The number of rotatable bonds is 1. The molecule has 3 heteroatoms. The van der Waals surface area contributed by atoms with Crippen molar-refractivity contribution in [2.24, 2.45) is 0 Å². The van der Waals surface area contributed by atoms with E-state index in [1.54, 1.807) is 0 Å². The van der Waals surface area contributed by atoms with Crippen LogP contribution in [0.3, 0.4) is 0 Å². The third kappa shape index (κ3) is 2.65. The molecule has 0 amide bonds. The van der Waals surface area contributed by atoms with Crippen molar-refractivity contribution >= 4 is 11.6 Å². The summed E-state index contributed by atoms with van der Waals surface area (Å²) in [6, 6.07) is 0.637. The second-order valence-electron chi connectivity index (χ2n) is 4.67. The summed E-state index contributed by atoms with van der Waals surface area (Å²) >= 11 is 0. The van der Waals surface area contributed by atoms with Crippen molar-refractivity contribution in [1.29, 1.82) is 0 Å². The summed E-state index contributed by atoms with van der Waals surface area (Å²) in [6.45, 7) is 1.60. The van der Waals surface area contributed by atoms with Gasteiger partial charge in [-0.1, -0.05) is 19.3 Å². The Balaban J connectivity index is 1.92. The number of carbonyl (C=O) groups excluding carboxylic acids is 2. The second-order valence-corrected chi connectivity index (χ2v) is 4.67. The van der Waals surface area contributed by atoms with Crippen LogP contribution in [-0.2, 0) is 9.59 Å². The van der Waals surface area contributed by atoms with Crippen LogP contribution in [0.5, 0.6) is 0 Å². The number of hydrogen-bond acceptors (Lipinski definition) is 3. The van der Waals surface area contributed by atoms with E-state index in [1.807, 2.05) is 0 Å². The van der Waals surface area contributed by atoms with Gasteiger partial charge in [0.1, 0.15) is 0 Å². The molecule has 1 saturated heterocycles. The first-order valence-corrected chi connectivity index (χ1v) is 6.07. The first kappa shape index (κ1) is 10.8. The van der Waals surface area contributed by atoms with Crippen molar-refractivity contribution in [2.45, 2.75) is 51.0 Å². The van der Waals surface area contributed by atoms with Crippen LogP contribution in [0.4, 0.5) is 0 Å². The van der Waals surface area contributed by atoms with Crippen molar-refractivity contribution < 1.29 is 9.59 Å². The van der Waals surface area contributed by atoms with E-state index in [0.717, 1.165) is 13.1 Å². The summed E-state index contributed by atoms with van der Waals surface area (Å²) in [6.07, 6.45) is 7.35. The molecule has 0 aromatic heterocycles. The van der Waals surface area contributed by atoms with E-state index >= 15 is 0 Å². The maximum Gasteiger partial charge on any atom is 0.199 e. The lowest BCUT2D eigenvalue weighted by Crippen LogP contribution is -2.37. The van der Waals surface area contributed by atoms with Crippen LogP contribution in [0.2, 0.25) is 0 Å². The highest BCUT2D eigenvalue weighted by Gasteiger charge is 2.26. The standard InChI is InChI=1S/C12H19NO2/c14-11-6-8-13(9-7-12(11)15)10-4-2-1-3-5-10/h10H,1-9H2. The van der Waals surface area contributed by atoms with E-state index in [-0.39, 0.29) is 11.6 Å². The highest BCUT2D eigenvalue weighted by atomic mass is 16.2. The van der Waals surface area contributed by atoms with Crippen molar-refractivity contribution in [3.05, 3.63) is 0 Å². The number of nitrogens with zero attached hydrogens (tertiary/aromatic N) is 1. The molecule has 0 aromatic rings. The van der Waals surface area contributed by atoms with Crippen molar-refractivity contribution in [2.75, 3.05) is 13.1 Å². The van der Waals surface area contributed by atoms with E-state index in [4.69, 9.17) is 0 Å². The lowest BCUT2D eigenvalue weighted by molar-refractivity contribution is -0.135. The molecule has 0 aromatic carbocycles. The molecule has 1 saturated carbocycles. The van der Waals surface area contributed by atoms with Crippen LogP contribution in [0.25, 0.3) is 0 Å². The van der Waals surface area contributed by atoms with Gasteiger partial charge in [-0.2, -0.15) is 0 Å². The Morgan fingerprint density at radius 2 is 1.40 bits per heavy atom. The Hall–Kier alpha value is -0.700. The van der Waals surface area contributed by atoms with Crippen LogP contribution in [0.1, 0.15) is 44.9 Å². The highest BCUT2D eigenvalue weighted by Crippen LogP contribution is 2.23. The fourth-order valence-electron chi connectivity index (χ4n) is 2.69. The monoisotopic (exact) mass is 209 g/mol. The molecule has 15 heavy (non-hydrogen) atoms. The highest BCUT2D eigenvalue weighted by molar-refractivity contribution is 6.37. The number of likely N-dealkylation sites (tertiary alicyclic amines) is 1. The van der Waals surface area contributed by atoms with Crippen LogP contribution in [0.15, 0.2) is 0 Å². The molecule has 84 valence electrons. The SMILES string of the molecule is O=C1CCN(C2CCCCC2)CCC1=O. The maximum absolute atomic E-state index is 11.3. The molecule has 0 spiro atoms. The van der Waals surface area contributed by atoms with Gasteiger partial charge in [0.15, 0.2) is 11.6 Å². The van der Waals surface area contributed by atoms with Crippen LogP contribution in [0, 0.1) is 0 Å². The predicted molar refractivity (Wildman–Crippen MR) is 57.7 cm³/mol. The van der Waals surface area contributed by atoms with E-state index in [1.165, 1.54) is 32.1 Å². The zero-order chi connectivity index (χ0) is 10.7. The van der Waals surface area contributed by atoms with Gasteiger partial charge in [0.2, 0.25) is 0 Å². The Bertz CT molecular complexity index is 238. The van der Waals surface area contributed by atoms with Gasteiger partial charge in [0.05, 0.1) is 0 Å². The van der Waals surface area contributed by atoms with Crippen LogP contribution in [-0.4, -0.2) is 35.6 Å². The summed E-state index contributed by atoms with van der Waals surface area (Å²) in [5.74, 6) is -0.318. The maximum atomic E-state index is 11.3. The number of ketones is 2. The van der Waals surface area contributed by atoms with E-state index in [9.17, 15) is 9.59 Å². The lowest BCUT2D eigenvalue weighted by atomic mass is 9.94. The predicted octanol–water partition coefficient (Wildman–Crippen LogP) is 1.55. The molecule has 1 aliphatic heterocycles. The molecule has 0 N–H and O–H groups in total. The van der Waals surface area contributed by atoms with Gasteiger partial charge in [0.25, 0.3) is 0 Å². The minimum atomic E-state index is -0.159. The summed E-state index contributed by atoms with van der Waals surface area (Å²) < 4.78 is 0. The topological polar surface area (TPSA) is 37.4 Å². The fourth-order valence-corrected chi connectivity index (χ4v) is 2.69. The Morgan fingerprint density at radius 3 is 1.93 bits per heavy atom. The van der Waals surface area contributed by atoms with Gasteiger partial charge < -0.3 is 0 Å². The van der Waals surface area contributed by atoms with Crippen molar-refractivity contribution in [3.8, 4) is 0 Å². The van der Waals surface area contributed by atoms with Crippen molar-refractivity contribution in [3.63, 3.8) is 0 Å². The Labute approximate surface area is 90.8 Å². The summed E-state index contributed by atoms with van der Waals surface area (Å²) in [4.78, 5) is 24.9. The number of Topliss-reactive ketones (excluding diaryl/α,β-unsaturated/α-hetero) is 2. The summed E-state index contributed by atoms with van der Waals surface area (Å²) in [5.41, 5.74) is 0. The zero-order valence-corrected chi connectivity index (χ0v) is 9.21. The Kier molecular flexibility index (Phi) is 3.52. The van der Waals surface area contributed by atoms with E-state index in [2.05, 4.69) is 4.90 Å². The second kappa shape index (κ2) is 4.88. The third-order valence-corrected chi connectivity index (χ3v) is 3.65. The average molecular weight is 209 g/mol. The number of hydrogen-bond donors (Lipinski definition) is 0. The van der Waals surface area contributed by atoms with Crippen LogP contribution >= 0.6 is 0 Å². The van der Waals surface area contributed by atoms with Gasteiger partial charge in [0, 0.05) is 32.0 Å². The normalized spacial score (nSPS) is 26.7. The molecular weight excluding hydrogens is 190 g/mol. The fraction of sp³-hybridized carbons (Fsp3) is 0.833. The molecule has 2 fully saturated rings.